The second-order valence-electron chi connectivity index (χ2n) is 5.82. The summed E-state index contributed by atoms with van der Waals surface area (Å²) in [5, 5.41) is 0. The predicted molar refractivity (Wildman–Crippen MR) is 78.5 cm³/mol. The Morgan fingerprint density at radius 3 is 2.76 bits per heavy atom. The molecule has 0 amide bonds. The minimum absolute atomic E-state index is 0.0290. The number of halogens is 1. The third kappa shape index (κ3) is 2.15. The lowest BCUT2D eigenvalue weighted by Crippen LogP contribution is -2.44. The highest BCUT2D eigenvalue weighted by Gasteiger charge is 2.70. The molecule has 116 valence electrons. The van der Waals surface area contributed by atoms with Crippen molar-refractivity contribution in [1.82, 2.24) is 0 Å². The van der Waals surface area contributed by atoms with E-state index in [1.54, 1.807) is 0 Å². The maximum Gasteiger partial charge on any atom is 0.319 e. The molecular weight excluding hydrogens is 391 g/mol. The summed E-state index contributed by atoms with van der Waals surface area (Å²) >= 11 is 2.03. The fourth-order valence-corrected chi connectivity index (χ4v) is 4.13. The van der Waals surface area contributed by atoms with Crippen molar-refractivity contribution in [2.75, 3.05) is 7.11 Å². The van der Waals surface area contributed by atoms with Crippen LogP contribution in [0.1, 0.15) is 19.8 Å². The number of alkyl halides is 1. The van der Waals surface area contributed by atoms with Gasteiger partial charge < -0.3 is 14.2 Å². The zero-order valence-corrected chi connectivity index (χ0v) is 13.9. The van der Waals surface area contributed by atoms with Crippen LogP contribution in [0, 0.1) is 23.7 Å². The molecule has 2 saturated carbocycles. The summed E-state index contributed by atoms with van der Waals surface area (Å²) in [5.41, 5.74) is 0. The van der Waals surface area contributed by atoms with E-state index in [2.05, 4.69) is 0 Å². The molecule has 1 heterocycles. The first kappa shape index (κ1) is 15.1. The molecule has 7 unspecified atom stereocenters. The molecule has 0 spiro atoms. The molecule has 7 atom stereocenters. The van der Waals surface area contributed by atoms with Crippen LogP contribution in [-0.2, 0) is 28.6 Å². The highest BCUT2D eigenvalue weighted by molar-refractivity contribution is 14.1. The number of carbonyl (C=O) groups excluding carboxylic acids is 3. The van der Waals surface area contributed by atoms with Gasteiger partial charge in [0.25, 0.3) is 0 Å². The average molecular weight is 408 g/mol. The molecule has 3 fully saturated rings. The van der Waals surface area contributed by atoms with Crippen molar-refractivity contribution in [3.05, 3.63) is 0 Å². The molecular formula is C14H17IO6. The van der Waals surface area contributed by atoms with Crippen LogP contribution in [0.2, 0.25) is 0 Å². The van der Waals surface area contributed by atoms with Gasteiger partial charge >= 0.3 is 17.9 Å². The van der Waals surface area contributed by atoms with Gasteiger partial charge in [-0.25, -0.2) is 0 Å². The molecule has 3 rings (SSSR count). The standard InChI is InChI=1S/C14H17IO6/c1-3-7(15)12(16)20-10-5-4-6-9(8(5)13(17)19-2)14(18)21-11(6)10/h5-11H,3-4H2,1-2H3. The second-order valence-corrected chi connectivity index (χ2v) is 7.32. The number of methoxy groups -OCH3 is 1. The van der Waals surface area contributed by atoms with Crippen molar-refractivity contribution in [1.29, 1.82) is 0 Å². The van der Waals surface area contributed by atoms with Crippen molar-refractivity contribution in [2.45, 2.75) is 35.9 Å². The monoisotopic (exact) mass is 408 g/mol. The SMILES string of the molecule is CCC(I)C(=O)OC1C2CC3C1OC(=O)C3C2C(=O)OC. The summed E-state index contributed by atoms with van der Waals surface area (Å²) in [6.07, 6.45) is 0.445. The summed E-state index contributed by atoms with van der Waals surface area (Å²) < 4.78 is 15.5. The molecule has 21 heavy (non-hydrogen) atoms. The van der Waals surface area contributed by atoms with E-state index < -0.39 is 30.0 Å². The third-order valence-corrected chi connectivity index (χ3v) is 6.28. The van der Waals surface area contributed by atoms with Gasteiger partial charge in [-0.05, 0) is 12.8 Å². The minimum Gasteiger partial charge on any atom is -0.469 e. The zero-order chi connectivity index (χ0) is 15.3. The maximum absolute atomic E-state index is 12.0. The van der Waals surface area contributed by atoms with Gasteiger partial charge in [-0.3, -0.25) is 14.4 Å². The molecule has 7 heteroatoms. The molecule has 0 radical (unpaired) electrons. The molecule has 0 aromatic rings. The largest absolute Gasteiger partial charge is 0.469 e. The van der Waals surface area contributed by atoms with Crippen molar-refractivity contribution in [3.8, 4) is 0 Å². The van der Waals surface area contributed by atoms with Crippen LogP contribution >= 0.6 is 22.6 Å². The van der Waals surface area contributed by atoms with Gasteiger partial charge in [-0.15, -0.1) is 0 Å². The Bertz CT molecular complexity index is 492. The van der Waals surface area contributed by atoms with Crippen LogP contribution in [0.25, 0.3) is 0 Å². The van der Waals surface area contributed by atoms with E-state index in [0.717, 1.165) is 0 Å². The van der Waals surface area contributed by atoms with E-state index in [1.165, 1.54) is 7.11 Å². The van der Waals surface area contributed by atoms with Gasteiger partial charge in [0.1, 0.15) is 16.1 Å². The number of hydrogen-bond donors (Lipinski definition) is 0. The molecule has 6 nitrogen and oxygen atoms in total. The maximum atomic E-state index is 12.0. The van der Waals surface area contributed by atoms with E-state index in [0.29, 0.717) is 12.8 Å². The Kier molecular flexibility index (Phi) is 3.87. The molecule has 3 aliphatic rings. The Morgan fingerprint density at radius 1 is 1.43 bits per heavy atom. The summed E-state index contributed by atoms with van der Waals surface area (Å²) in [7, 11) is 1.31. The molecule has 2 bridgehead atoms. The lowest BCUT2D eigenvalue weighted by Gasteiger charge is -2.30. The summed E-state index contributed by atoms with van der Waals surface area (Å²) in [5.74, 6) is -2.25. The van der Waals surface area contributed by atoms with Crippen LogP contribution in [0.3, 0.4) is 0 Å². The van der Waals surface area contributed by atoms with E-state index >= 15 is 0 Å². The molecule has 0 N–H and O–H groups in total. The highest BCUT2D eigenvalue weighted by atomic mass is 127. The average Bonchev–Trinajstić information content (AvgIpc) is 3.08. The number of esters is 3. The lowest BCUT2D eigenvalue weighted by molar-refractivity contribution is -0.164. The first-order valence-electron chi connectivity index (χ1n) is 7.12. The highest BCUT2D eigenvalue weighted by Crippen LogP contribution is 2.59. The predicted octanol–water partition coefficient (Wildman–Crippen LogP) is 1.09. The van der Waals surface area contributed by atoms with Crippen molar-refractivity contribution >= 4 is 40.5 Å². The number of ether oxygens (including phenoxy) is 3. The molecule has 1 aliphatic heterocycles. The Labute approximate surface area is 136 Å². The fraction of sp³-hybridized carbons (Fsp3) is 0.786. The van der Waals surface area contributed by atoms with E-state index in [4.69, 9.17) is 14.2 Å². The van der Waals surface area contributed by atoms with Gasteiger partial charge in [0, 0.05) is 11.8 Å². The number of rotatable bonds is 4. The zero-order valence-electron chi connectivity index (χ0n) is 11.8. The fourth-order valence-electron chi connectivity index (χ4n) is 3.98. The van der Waals surface area contributed by atoms with Crippen LogP contribution in [-0.4, -0.2) is 41.2 Å². The quantitative estimate of drug-likeness (QED) is 0.300. The molecule has 2 aliphatic carbocycles. The lowest BCUT2D eigenvalue weighted by atomic mass is 9.78. The molecule has 0 aromatic heterocycles. The van der Waals surface area contributed by atoms with Crippen molar-refractivity contribution in [3.63, 3.8) is 0 Å². The van der Waals surface area contributed by atoms with Gasteiger partial charge in [0.15, 0.2) is 0 Å². The van der Waals surface area contributed by atoms with Crippen molar-refractivity contribution in [2.24, 2.45) is 23.7 Å². The number of hydrogen-bond acceptors (Lipinski definition) is 6. The van der Waals surface area contributed by atoms with Gasteiger partial charge in [-0.1, -0.05) is 29.5 Å². The number of fused-ring (bicyclic) bond motifs is 1. The van der Waals surface area contributed by atoms with Gasteiger partial charge in [0.05, 0.1) is 18.9 Å². The summed E-state index contributed by atoms with van der Waals surface area (Å²) in [4.78, 5) is 36.0. The van der Waals surface area contributed by atoms with Crippen molar-refractivity contribution < 1.29 is 28.6 Å². The molecule has 1 saturated heterocycles. The summed E-state index contributed by atoms with van der Waals surface area (Å²) in [6, 6.07) is 0. The van der Waals surface area contributed by atoms with Crippen LogP contribution in [0.5, 0.6) is 0 Å². The van der Waals surface area contributed by atoms with E-state index in [1.807, 2.05) is 29.5 Å². The molecule has 0 aromatic carbocycles. The van der Waals surface area contributed by atoms with Crippen LogP contribution in [0.4, 0.5) is 0 Å². The smallest absolute Gasteiger partial charge is 0.319 e. The van der Waals surface area contributed by atoms with Gasteiger partial charge in [-0.2, -0.15) is 0 Å². The van der Waals surface area contributed by atoms with Crippen LogP contribution < -0.4 is 0 Å². The normalized spacial score (nSPS) is 40.8. The Hall–Kier alpha value is -0.860. The topological polar surface area (TPSA) is 78.9 Å². The summed E-state index contributed by atoms with van der Waals surface area (Å²) in [6.45, 7) is 1.90. The van der Waals surface area contributed by atoms with E-state index in [-0.39, 0.29) is 27.7 Å². The van der Waals surface area contributed by atoms with Gasteiger partial charge in [0.2, 0.25) is 0 Å². The Balaban J connectivity index is 1.82. The minimum atomic E-state index is -0.543. The third-order valence-electron chi connectivity index (χ3n) is 4.89. The van der Waals surface area contributed by atoms with E-state index in [9.17, 15) is 14.4 Å². The Morgan fingerprint density at radius 2 is 2.14 bits per heavy atom. The van der Waals surface area contributed by atoms with Crippen LogP contribution in [0.15, 0.2) is 0 Å². The second kappa shape index (κ2) is 5.40. The number of carbonyl (C=O) groups is 3. The first-order valence-corrected chi connectivity index (χ1v) is 8.37. The first-order chi connectivity index (χ1) is 9.99.